The van der Waals surface area contributed by atoms with E-state index in [4.69, 9.17) is 27.9 Å². The normalized spacial score (nSPS) is 10.5. The molecule has 6 nitrogen and oxygen atoms in total. The number of ether oxygens (including phenoxy) is 1. The van der Waals surface area contributed by atoms with Crippen LogP contribution in [-0.4, -0.2) is 24.9 Å². The number of aryl methyl sites for hydroxylation is 1. The minimum Gasteiger partial charge on any atom is -0.465 e. The molecule has 9 heteroatoms. The molecule has 0 aliphatic rings. The number of amides is 2. The Kier molecular flexibility index (Phi) is 7.00. The van der Waals surface area contributed by atoms with Crippen LogP contribution < -0.4 is 10.6 Å². The van der Waals surface area contributed by atoms with Crippen LogP contribution in [0.5, 0.6) is 0 Å². The van der Waals surface area contributed by atoms with E-state index in [0.717, 1.165) is 16.9 Å². The molecule has 0 aliphatic heterocycles. The Hall–Kier alpha value is -2.87. The highest BCUT2D eigenvalue weighted by molar-refractivity contribution is 7.19. The van der Waals surface area contributed by atoms with E-state index in [1.54, 1.807) is 37.3 Å². The highest BCUT2D eigenvalue weighted by Gasteiger charge is 2.27. The summed E-state index contributed by atoms with van der Waals surface area (Å²) in [4.78, 5) is 38.3. The molecule has 2 aromatic carbocycles. The van der Waals surface area contributed by atoms with Crippen molar-refractivity contribution in [3.05, 3.63) is 79.6 Å². The molecule has 31 heavy (non-hydrogen) atoms. The molecular formula is C22H18Cl2N2O4S. The van der Waals surface area contributed by atoms with Crippen molar-refractivity contribution in [1.29, 1.82) is 0 Å². The summed E-state index contributed by atoms with van der Waals surface area (Å²) in [6.07, 6.45) is 0. The maximum atomic E-state index is 12.9. The van der Waals surface area contributed by atoms with Crippen LogP contribution in [0.3, 0.4) is 0 Å². The summed E-state index contributed by atoms with van der Waals surface area (Å²) in [6, 6.07) is 11.9. The Morgan fingerprint density at radius 2 is 1.65 bits per heavy atom. The van der Waals surface area contributed by atoms with Crippen molar-refractivity contribution < 1.29 is 19.1 Å². The molecule has 1 aromatic heterocycles. The molecular weight excluding hydrogens is 459 g/mol. The van der Waals surface area contributed by atoms with Crippen molar-refractivity contribution in [3.8, 4) is 0 Å². The lowest BCUT2D eigenvalue weighted by Gasteiger charge is -2.08. The smallest absolute Gasteiger partial charge is 0.341 e. The number of nitrogens with one attached hydrogen (secondary N) is 2. The molecule has 2 N–H and O–H groups in total. The average molecular weight is 477 g/mol. The van der Waals surface area contributed by atoms with Gasteiger partial charge in [-0.15, -0.1) is 11.3 Å². The molecule has 0 saturated carbocycles. The fraction of sp³-hybridized carbons (Fsp3) is 0.136. The lowest BCUT2D eigenvalue weighted by atomic mass is 10.1. The van der Waals surface area contributed by atoms with Gasteiger partial charge in [0.05, 0.1) is 33.3 Å². The average Bonchev–Trinajstić information content (AvgIpc) is 3.07. The van der Waals surface area contributed by atoms with E-state index in [1.807, 2.05) is 19.1 Å². The van der Waals surface area contributed by atoms with Gasteiger partial charge in [0.25, 0.3) is 11.8 Å². The number of hydrogen-bond donors (Lipinski definition) is 2. The number of hydrogen-bond acceptors (Lipinski definition) is 5. The molecule has 160 valence electrons. The first-order chi connectivity index (χ1) is 14.7. The van der Waals surface area contributed by atoms with E-state index in [1.165, 1.54) is 7.11 Å². The van der Waals surface area contributed by atoms with Crippen LogP contribution in [0.1, 0.15) is 41.5 Å². The second-order valence-electron chi connectivity index (χ2n) is 6.58. The van der Waals surface area contributed by atoms with Crippen LogP contribution in [0.15, 0.2) is 42.5 Å². The molecule has 1 heterocycles. The third kappa shape index (κ3) is 4.74. The minimum absolute atomic E-state index is 0.122. The summed E-state index contributed by atoms with van der Waals surface area (Å²) in [5, 5.41) is 6.14. The molecule has 0 aliphatic carbocycles. The molecule has 0 bridgehead atoms. The SMILES string of the molecule is COC(=O)c1c(NC(=O)c2ccccc2C)sc(C(=O)Nc2cccc(Cl)c2Cl)c1C. The van der Waals surface area contributed by atoms with Crippen LogP contribution in [0.25, 0.3) is 0 Å². The van der Waals surface area contributed by atoms with Crippen molar-refractivity contribution in [2.24, 2.45) is 0 Å². The molecule has 0 saturated heterocycles. The molecule has 0 radical (unpaired) electrons. The van der Waals surface area contributed by atoms with E-state index in [2.05, 4.69) is 10.6 Å². The molecule has 3 rings (SSSR count). The van der Waals surface area contributed by atoms with E-state index in [0.29, 0.717) is 21.8 Å². The Bertz CT molecular complexity index is 1190. The predicted molar refractivity (Wildman–Crippen MR) is 124 cm³/mol. The van der Waals surface area contributed by atoms with Crippen molar-refractivity contribution in [2.75, 3.05) is 17.7 Å². The zero-order valence-electron chi connectivity index (χ0n) is 16.8. The highest BCUT2D eigenvalue weighted by atomic mass is 35.5. The van der Waals surface area contributed by atoms with Gasteiger partial charge >= 0.3 is 5.97 Å². The first-order valence-electron chi connectivity index (χ1n) is 9.08. The third-order valence-electron chi connectivity index (χ3n) is 4.56. The number of rotatable bonds is 5. The zero-order valence-corrected chi connectivity index (χ0v) is 19.2. The number of esters is 1. The summed E-state index contributed by atoms with van der Waals surface area (Å²) in [5.41, 5.74) is 2.07. The lowest BCUT2D eigenvalue weighted by Crippen LogP contribution is -2.15. The standard InChI is InChI=1S/C22H18Cl2N2O4S/c1-11-7-4-5-8-13(11)19(27)26-21-16(22(29)30-3)12(2)18(31-21)20(28)25-15-10-6-9-14(23)17(15)24/h4-10H,1-3H3,(H,25,28)(H,26,27). The fourth-order valence-corrected chi connectivity index (χ4v) is 4.38. The van der Waals surface area contributed by atoms with Gasteiger partial charge in [0, 0.05) is 5.56 Å². The van der Waals surface area contributed by atoms with Gasteiger partial charge in [0.2, 0.25) is 0 Å². The van der Waals surface area contributed by atoms with Gasteiger partial charge in [-0.1, -0.05) is 47.5 Å². The van der Waals surface area contributed by atoms with Gasteiger partial charge < -0.3 is 15.4 Å². The largest absolute Gasteiger partial charge is 0.465 e. The Morgan fingerprint density at radius 1 is 0.935 bits per heavy atom. The first-order valence-corrected chi connectivity index (χ1v) is 10.7. The quantitative estimate of drug-likeness (QED) is 0.444. The van der Waals surface area contributed by atoms with Crippen LogP contribution in [0, 0.1) is 13.8 Å². The van der Waals surface area contributed by atoms with Gasteiger partial charge in [-0.25, -0.2) is 4.79 Å². The van der Waals surface area contributed by atoms with Crippen LogP contribution >= 0.6 is 34.5 Å². The molecule has 0 fully saturated rings. The fourth-order valence-electron chi connectivity index (χ4n) is 2.94. The second-order valence-corrected chi connectivity index (χ2v) is 8.38. The highest BCUT2D eigenvalue weighted by Crippen LogP contribution is 2.36. The predicted octanol–water partition coefficient (Wildman–Crippen LogP) is 5.96. The van der Waals surface area contributed by atoms with Crippen molar-refractivity contribution in [2.45, 2.75) is 13.8 Å². The van der Waals surface area contributed by atoms with E-state index in [9.17, 15) is 14.4 Å². The summed E-state index contributed by atoms with van der Waals surface area (Å²) in [6.45, 7) is 3.42. The van der Waals surface area contributed by atoms with Crippen molar-refractivity contribution >= 4 is 63.0 Å². The molecule has 0 unspecified atom stereocenters. The van der Waals surface area contributed by atoms with Crippen LogP contribution in [0.2, 0.25) is 10.0 Å². The van der Waals surface area contributed by atoms with Crippen LogP contribution in [-0.2, 0) is 4.74 Å². The number of anilines is 2. The van der Waals surface area contributed by atoms with Crippen molar-refractivity contribution in [3.63, 3.8) is 0 Å². The van der Waals surface area contributed by atoms with Gasteiger partial charge in [0.1, 0.15) is 5.00 Å². The molecule has 0 spiro atoms. The summed E-state index contributed by atoms with van der Waals surface area (Å²) in [5.74, 6) is -1.55. The number of benzene rings is 2. The van der Waals surface area contributed by atoms with E-state index < -0.39 is 17.8 Å². The molecule has 3 aromatic rings. The summed E-state index contributed by atoms with van der Waals surface area (Å²) >= 11 is 13.1. The van der Waals surface area contributed by atoms with Gasteiger partial charge in [0.15, 0.2) is 0 Å². The Morgan fingerprint density at radius 3 is 2.32 bits per heavy atom. The molecule has 0 atom stereocenters. The lowest BCUT2D eigenvalue weighted by molar-refractivity contribution is 0.0601. The number of halogens is 2. The zero-order chi connectivity index (χ0) is 22.7. The number of carbonyl (C=O) groups is 3. The Balaban J connectivity index is 1.97. The van der Waals surface area contributed by atoms with E-state index >= 15 is 0 Å². The minimum atomic E-state index is -0.659. The first kappa shape index (κ1) is 22.8. The number of methoxy groups -OCH3 is 1. The summed E-state index contributed by atoms with van der Waals surface area (Å²) in [7, 11) is 1.23. The van der Waals surface area contributed by atoms with Crippen LogP contribution in [0.4, 0.5) is 10.7 Å². The van der Waals surface area contributed by atoms with Gasteiger partial charge in [-0.05, 0) is 43.2 Å². The van der Waals surface area contributed by atoms with E-state index in [-0.39, 0.29) is 20.5 Å². The maximum absolute atomic E-state index is 12.9. The summed E-state index contributed by atoms with van der Waals surface area (Å²) < 4.78 is 4.86. The Labute approximate surface area is 193 Å². The molecule has 2 amide bonds. The van der Waals surface area contributed by atoms with Crippen molar-refractivity contribution in [1.82, 2.24) is 0 Å². The monoisotopic (exact) mass is 476 g/mol. The third-order valence-corrected chi connectivity index (χ3v) is 6.58. The number of carbonyl (C=O) groups excluding carboxylic acids is 3. The number of thiophene rings is 1. The maximum Gasteiger partial charge on any atom is 0.341 e. The van der Waals surface area contributed by atoms with Gasteiger partial charge in [-0.2, -0.15) is 0 Å². The second kappa shape index (κ2) is 9.51. The topological polar surface area (TPSA) is 84.5 Å². The van der Waals surface area contributed by atoms with Gasteiger partial charge in [-0.3, -0.25) is 9.59 Å².